The van der Waals surface area contributed by atoms with Gasteiger partial charge in [0.05, 0.1) is 12.8 Å². The summed E-state index contributed by atoms with van der Waals surface area (Å²) in [5.41, 5.74) is 2.05. The molecule has 0 unspecified atom stereocenters. The summed E-state index contributed by atoms with van der Waals surface area (Å²) < 4.78 is 5.41. The van der Waals surface area contributed by atoms with Crippen LogP contribution >= 0.6 is 15.9 Å². The first-order chi connectivity index (χ1) is 9.58. The fourth-order valence-electron chi connectivity index (χ4n) is 1.48. The fourth-order valence-corrected chi connectivity index (χ4v) is 2.07. The summed E-state index contributed by atoms with van der Waals surface area (Å²) in [5.74, 6) is 0.898. The lowest BCUT2D eigenvalue weighted by Crippen LogP contribution is -2.12. The van der Waals surface area contributed by atoms with E-state index in [1.165, 1.54) is 7.11 Å². The Labute approximate surface area is 124 Å². The first-order valence-electron chi connectivity index (χ1n) is 5.80. The average Bonchev–Trinajstić information content (AvgIpc) is 2.44. The largest absolute Gasteiger partial charge is 0.453 e. The molecule has 0 aliphatic rings. The summed E-state index contributed by atoms with van der Waals surface area (Å²) in [6.45, 7) is 2.02. The Bertz CT molecular complexity index is 616. The van der Waals surface area contributed by atoms with Crippen molar-refractivity contribution >= 4 is 39.3 Å². The topological polar surface area (TPSA) is 76.1 Å². The molecule has 0 saturated carbocycles. The number of amides is 1. The number of nitrogens with one attached hydrogen (secondary N) is 2. The zero-order valence-corrected chi connectivity index (χ0v) is 12.6. The second-order valence-corrected chi connectivity index (χ2v) is 4.88. The third kappa shape index (κ3) is 3.67. The average molecular weight is 337 g/mol. The zero-order chi connectivity index (χ0) is 14.5. The Kier molecular flexibility index (Phi) is 4.52. The lowest BCUT2D eigenvalue weighted by atomic mass is 10.2. The molecule has 7 heteroatoms. The van der Waals surface area contributed by atoms with Gasteiger partial charge < -0.3 is 10.1 Å². The molecule has 0 aliphatic heterocycles. The van der Waals surface area contributed by atoms with Gasteiger partial charge in [0.25, 0.3) is 0 Å². The van der Waals surface area contributed by atoms with Crippen molar-refractivity contribution in [3.63, 3.8) is 0 Å². The minimum atomic E-state index is -0.582. The number of nitrogens with zero attached hydrogens (tertiary/aromatic N) is 2. The number of methoxy groups -OCH3 is 1. The van der Waals surface area contributed by atoms with Crippen molar-refractivity contribution in [2.45, 2.75) is 6.92 Å². The maximum Gasteiger partial charge on any atom is 0.412 e. The lowest BCUT2D eigenvalue weighted by Gasteiger charge is -2.08. The van der Waals surface area contributed by atoms with Gasteiger partial charge in [0.15, 0.2) is 11.6 Å². The Hall–Kier alpha value is -2.15. The summed E-state index contributed by atoms with van der Waals surface area (Å²) in [4.78, 5) is 11.0. The van der Waals surface area contributed by atoms with Crippen LogP contribution in [0.5, 0.6) is 0 Å². The number of carbonyl (C=O) groups excluding carboxylic acids is 1. The molecular formula is C13H13BrN4O2. The van der Waals surface area contributed by atoms with Gasteiger partial charge in [0, 0.05) is 4.47 Å². The number of benzene rings is 1. The standard InChI is InChI=1S/C13H13BrN4O2/c1-8-3-4-10(9(14)7-8)15-11-5-6-12(18-17-11)16-13(19)20-2/h3-7H,1-2H3,(H,15,17)(H,16,18,19). The van der Waals surface area contributed by atoms with E-state index in [2.05, 4.69) is 41.5 Å². The number of aromatic nitrogens is 2. The van der Waals surface area contributed by atoms with E-state index in [0.717, 1.165) is 15.7 Å². The van der Waals surface area contributed by atoms with Crippen LogP contribution in [0.15, 0.2) is 34.8 Å². The molecule has 1 aromatic heterocycles. The smallest absolute Gasteiger partial charge is 0.412 e. The van der Waals surface area contributed by atoms with E-state index in [-0.39, 0.29) is 0 Å². The van der Waals surface area contributed by atoms with Crippen LogP contribution < -0.4 is 10.6 Å². The first-order valence-corrected chi connectivity index (χ1v) is 6.59. The van der Waals surface area contributed by atoms with Crippen molar-refractivity contribution in [3.05, 3.63) is 40.4 Å². The highest BCUT2D eigenvalue weighted by molar-refractivity contribution is 9.10. The van der Waals surface area contributed by atoms with Crippen LogP contribution in [0.3, 0.4) is 0 Å². The minimum Gasteiger partial charge on any atom is -0.453 e. The van der Waals surface area contributed by atoms with Crippen LogP contribution in [0, 0.1) is 6.92 Å². The minimum absolute atomic E-state index is 0.324. The summed E-state index contributed by atoms with van der Waals surface area (Å²) in [7, 11) is 1.29. The molecule has 0 radical (unpaired) electrons. The molecule has 2 N–H and O–H groups in total. The molecule has 1 amide bonds. The van der Waals surface area contributed by atoms with Gasteiger partial charge in [-0.2, -0.15) is 0 Å². The highest BCUT2D eigenvalue weighted by Crippen LogP contribution is 2.25. The highest BCUT2D eigenvalue weighted by atomic mass is 79.9. The highest BCUT2D eigenvalue weighted by Gasteiger charge is 2.04. The van der Waals surface area contributed by atoms with E-state index < -0.39 is 6.09 Å². The molecule has 0 bridgehead atoms. The molecule has 0 spiro atoms. The van der Waals surface area contributed by atoms with Gasteiger partial charge in [0.1, 0.15) is 0 Å². The lowest BCUT2D eigenvalue weighted by molar-refractivity contribution is 0.187. The van der Waals surface area contributed by atoms with Crippen molar-refractivity contribution in [1.82, 2.24) is 10.2 Å². The number of hydrogen-bond acceptors (Lipinski definition) is 5. The molecule has 6 nitrogen and oxygen atoms in total. The predicted octanol–water partition coefficient (Wildman–Crippen LogP) is 3.47. The fraction of sp³-hybridized carbons (Fsp3) is 0.154. The molecule has 104 valence electrons. The maximum atomic E-state index is 11.0. The van der Waals surface area contributed by atoms with Crippen LogP contribution in [0.2, 0.25) is 0 Å². The molecule has 2 aromatic rings. The third-order valence-electron chi connectivity index (χ3n) is 2.47. The van der Waals surface area contributed by atoms with Crippen LogP contribution in [0.25, 0.3) is 0 Å². The van der Waals surface area contributed by atoms with Crippen LogP contribution in [-0.4, -0.2) is 23.4 Å². The number of rotatable bonds is 3. The van der Waals surface area contributed by atoms with Crippen molar-refractivity contribution in [2.75, 3.05) is 17.7 Å². The van der Waals surface area contributed by atoms with Crippen molar-refractivity contribution in [1.29, 1.82) is 0 Å². The zero-order valence-electron chi connectivity index (χ0n) is 11.0. The molecule has 20 heavy (non-hydrogen) atoms. The van der Waals surface area contributed by atoms with E-state index in [0.29, 0.717) is 11.6 Å². The molecule has 1 aromatic carbocycles. The van der Waals surface area contributed by atoms with E-state index >= 15 is 0 Å². The number of ether oxygens (including phenoxy) is 1. The molecule has 0 atom stereocenters. The van der Waals surface area contributed by atoms with Gasteiger partial charge >= 0.3 is 6.09 Å². The second kappa shape index (κ2) is 6.33. The van der Waals surface area contributed by atoms with Gasteiger partial charge in [-0.15, -0.1) is 10.2 Å². The van der Waals surface area contributed by atoms with Crippen LogP contribution in [-0.2, 0) is 4.74 Å². The molecule has 0 saturated heterocycles. The summed E-state index contributed by atoms with van der Waals surface area (Å²) in [6, 6.07) is 9.29. The Morgan fingerprint density at radius 3 is 2.50 bits per heavy atom. The van der Waals surface area contributed by atoms with E-state index in [9.17, 15) is 4.79 Å². The first kappa shape index (κ1) is 14.3. The summed E-state index contributed by atoms with van der Waals surface area (Å²) in [6.07, 6.45) is -0.582. The molecule has 2 rings (SSSR count). The van der Waals surface area contributed by atoms with Crippen molar-refractivity contribution < 1.29 is 9.53 Å². The Morgan fingerprint density at radius 1 is 1.20 bits per heavy atom. The molecule has 1 heterocycles. The second-order valence-electron chi connectivity index (χ2n) is 4.03. The number of carbonyl (C=O) groups is 1. The Morgan fingerprint density at radius 2 is 1.90 bits per heavy atom. The van der Waals surface area contributed by atoms with E-state index in [1.54, 1.807) is 12.1 Å². The van der Waals surface area contributed by atoms with E-state index in [4.69, 9.17) is 0 Å². The number of hydrogen-bond donors (Lipinski definition) is 2. The quantitative estimate of drug-likeness (QED) is 0.897. The van der Waals surface area contributed by atoms with E-state index in [1.807, 2.05) is 25.1 Å². The SMILES string of the molecule is COC(=O)Nc1ccc(Nc2ccc(C)cc2Br)nn1. The van der Waals surface area contributed by atoms with Crippen molar-refractivity contribution in [3.8, 4) is 0 Å². The van der Waals surface area contributed by atoms with Crippen LogP contribution in [0.4, 0.5) is 22.1 Å². The monoisotopic (exact) mass is 336 g/mol. The molecular weight excluding hydrogens is 324 g/mol. The normalized spacial score (nSPS) is 9.95. The van der Waals surface area contributed by atoms with Gasteiger partial charge in [-0.1, -0.05) is 6.07 Å². The number of aryl methyl sites for hydroxylation is 1. The maximum absolute atomic E-state index is 11.0. The third-order valence-corrected chi connectivity index (χ3v) is 3.12. The number of anilines is 3. The van der Waals surface area contributed by atoms with Crippen LogP contribution in [0.1, 0.15) is 5.56 Å². The van der Waals surface area contributed by atoms with Gasteiger partial charge in [0.2, 0.25) is 0 Å². The summed E-state index contributed by atoms with van der Waals surface area (Å²) in [5, 5.41) is 13.4. The van der Waals surface area contributed by atoms with Gasteiger partial charge in [-0.3, -0.25) is 5.32 Å². The van der Waals surface area contributed by atoms with Crippen molar-refractivity contribution in [2.24, 2.45) is 0 Å². The number of halogens is 1. The van der Waals surface area contributed by atoms with Gasteiger partial charge in [-0.05, 0) is 52.7 Å². The summed E-state index contributed by atoms with van der Waals surface area (Å²) >= 11 is 3.48. The predicted molar refractivity (Wildman–Crippen MR) is 80.2 cm³/mol. The molecule has 0 aliphatic carbocycles. The molecule has 0 fully saturated rings. The Balaban J connectivity index is 2.08. The van der Waals surface area contributed by atoms with Gasteiger partial charge in [-0.25, -0.2) is 4.79 Å².